The van der Waals surface area contributed by atoms with E-state index < -0.39 is 23.1 Å². The molecule has 1 fully saturated rings. The van der Waals surface area contributed by atoms with Crippen LogP contribution >= 0.6 is 12.2 Å². The van der Waals surface area contributed by atoms with Crippen LogP contribution in [0, 0.1) is 0 Å². The molecule has 0 radical (unpaired) electrons. The van der Waals surface area contributed by atoms with Gasteiger partial charge >= 0.3 is 11.4 Å². The average Bonchev–Trinajstić information content (AvgIpc) is 2.68. The fourth-order valence-electron chi connectivity index (χ4n) is 2.95. The summed E-state index contributed by atoms with van der Waals surface area (Å²) in [6.45, 7) is 0. The number of aryl methyl sites for hydroxylation is 1. The van der Waals surface area contributed by atoms with E-state index in [9.17, 15) is 13.2 Å². The number of hydrogen-bond acceptors (Lipinski definition) is 3. The molecule has 1 aromatic carbocycles. The second-order valence-corrected chi connectivity index (χ2v) is 5.13. The van der Waals surface area contributed by atoms with Gasteiger partial charge in [-0.2, -0.15) is 13.2 Å². The van der Waals surface area contributed by atoms with Crippen LogP contribution in [0.5, 0.6) is 0 Å². The van der Waals surface area contributed by atoms with Gasteiger partial charge < -0.3 is 9.47 Å². The molecule has 1 spiro atoms. The van der Waals surface area contributed by atoms with E-state index in [0.717, 1.165) is 12.0 Å². The van der Waals surface area contributed by atoms with E-state index in [2.05, 4.69) is 0 Å². The second-order valence-electron chi connectivity index (χ2n) is 4.79. The summed E-state index contributed by atoms with van der Waals surface area (Å²) < 4.78 is 49.7. The van der Waals surface area contributed by atoms with E-state index in [1.807, 2.05) is 12.1 Å². The summed E-state index contributed by atoms with van der Waals surface area (Å²) in [7, 11) is 0. The standard InChI is InChI=1S/C13H11F3O2S/c14-13(15,16)10-12(18-11(19)17-10)7-3-5-8-4-1-2-6-9(8)12/h1-2,4,6,10H,3,5,7H2/t10-,12-/m0/s1. The van der Waals surface area contributed by atoms with Gasteiger partial charge in [-0.25, -0.2) is 0 Å². The van der Waals surface area contributed by atoms with Crippen LogP contribution < -0.4 is 0 Å². The number of alkyl halides is 3. The second kappa shape index (κ2) is 4.10. The smallest absolute Gasteiger partial charge is 0.429 e. The summed E-state index contributed by atoms with van der Waals surface area (Å²) in [5.74, 6) is 0. The molecule has 19 heavy (non-hydrogen) atoms. The number of hydrogen-bond donors (Lipinski definition) is 0. The maximum absolute atomic E-state index is 13.2. The van der Waals surface area contributed by atoms with Crippen molar-refractivity contribution >= 4 is 17.5 Å². The van der Waals surface area contributed by atoms with Gasteiger partial charge in [0.15, 0.2) is 5.60 Å². The lowest BCUT2D eigenvalue weighted by molar-refractivity contribution is -0.224. The van der Waals surface area contributed by atoms with Gasteiger partial charge in [0.05, 0.1) is 0 Å². The fourth-order valence-corrected chi connectivity index (χ4v) is 3.20. The highest BCUT2D eigenvalue weighted by Crippen LogP contribution is 2.50. The Bertz CT molecular complexity index is 529. The van der Waals surface area contributed by atoms with Gasteiger partial charge in [-0.1, -0.05) is 24.3 Å². The van der Waals surface area contributed by atoms with Crippen molar-refractivity contribution in [1.29, 1.82) is 0 Å². The molecule has 6 heteroatoms. The molecule has 1 aromatic rings. The molecular weight excluding hydrogens is 277 g/mol. The number of benzene rings is 1. The van der Waals surface area contributed by atoms with E-state index >= 15 is 0 Å². The first-order valence-corrected chi connectivity index (χ1v) is 6.39. The monoisotopic (exact) mass is 288 g/mol. The molecule has 3 rings (SSSR count). The SMILES string of the molecule is FC(F)(F)[C@H]1OC(=S)O[C@]12CCCc1ccccc12. The largest absolute Gasteiger partial charge is 0.441 e. The highest BCUT2D eigenvalue weighted by molar-refractivity contribution is 7.79. The predicted octanol–water partition coefficient (Wildman–Crippen LogP) is 3.48. The Morgan fingerprint density at radius 1 is 1.26 bits per heavy atom. The van der Waals surface area contributed by atoms with Gasteiger partial charge in [0.1, 0.15) is 0 Å². The number of rotatable bonds is 0. The first-order chi connectivity index (χ1) is 8.93. The maximum Gasteiger partial charge on any atom is 0.429 e. The van der Waals surface area contributed by atoms with Crippen LogP contribution in [0.15, 0.2) is 24.3 Å². The zero-order valence-corrected chi connectivity index (χ0v) is 10.7. The summed E-state index contributed by atoms with van der Waals surface area (Å²) in [6.07, 6.45) is -4.90. The van der Waals surface area contributed by atoms with Crippen molar-refractivity contribution < 1.29 is 22.6 Å². The fraction of sp³-hybridized carbons (Fsp3) is 0.462. The Morgan fingerprint density at radius 2 is 2.00 bits per heavy atom. The Kier molecular flexibility index (Phi) is 2.74. The van der Waals surface area contributed by atoms with Gasteiger partial charge in [0.25, 0.3) is 0 Å². The predicted molar refractivity (Wildman–Crippen MR) is 65.7 cm³/mol. The lowest BCUT2D eigenvalue weighted by Crippen LogP contribution is -2.48. The summed E-state index contributed by atoms with van der Waals surface area (Å²) in [5.41, 5.74) is -0.0933. The molecule has 0 saturated carbocycles. The minimum Gasteiger partial charge on any atom is -0.441 e. The van der Waals surface area contributed by atoms with Crippen LogP contribution in [-0.2, 0) is 21.5 Å². The molecule has 0 unspecified atom stereocenters. The molecule has 2 aliphatic rings. The first kappa shape index (κ1) is 12.7. The Labute approximate surface area is 113 Å². The zero-order chi connectivity index (χ0) is 13.7. The van der Waals surface area contributed by atoms with Crippen LogP contribution in [0.2, 0.25) is 0 Å². The quantitative estimate of drug-likeness (QED) is 0.681. The van der Waals surface area contributed by atoms with E-state index in [0.29, 0.717) is 12.0 Å². The van der Waals surface area contributed by atoms with Crippen LogP contribution in [0.3, 0.4) is 0 Å². The van der Waals surface area contributed by atoms with Gasteiger partial charge in [-0.05, 0) is 24.8 Å². The van der Waals surface area contributed by atoms with Crippen LogP contribution in [0.1, 0.15) is 24.0 Å². The van der Waals surface area contributed by atoms with Gasteiger partial charge in [0.2, 0.25) is 6.10 Å². The van der Waals surface area contributed by atoms with Gasteiger partial charge in [-0.15, -0.1) is 0 Å². The number of halogens is 3. The minimum absolute atomic E-state index is 0.258. The van der Waals surface area contributed by atoms with Crippen molar-refractivity contribution in [3.05, 3.63) is 35.4 Å². The van der Waals surface area contributed by atoms with E-state index in [1.165, 1.54) is 0 Å². The van der Waals surface area contributed by atoms with Crippen molar-refractivity contribution in [1.82, 2.24) is 0 Å². The molecule has 0 N–H and O–H groups in total. The minimum atomic E-state index is -4.51. The lowest BCUT2D eigenvalue weighted by Gasteiger charge is -2.37. The molecule has 1 heterocycles. The van der Waals surface area contributed by atoms with E-state index in [4.69, 9.17) is 21.7 Å². The number of ether oxygens (including phenoxy) is 2. The Hall–Kier alpha value is -1.30. The molecule has 2 nitrogen and oxygen atoms in total. The Morgan fingerprint density at radius 3 is 2.74 bits per heavy atom. The lowest BCUT2D eigenvalue weighted by atomic mass is 9.75. The third-order valence-electron chi connectivity index (χ3n) is 3.67. The summed E-state index contributed by atoms with van der Waals surface area (Å²) >= 11 is 4.70. The number of thiocarbonyl (C=S) groups is 1. The zero-order valence-electron chi connectivity index (χ0n) is 9.87. The normalized spacial score (nSPS) is 29.8. The molecule has 0 bridgehead atoms. The van der Waals surface area contributed by atoms with E-state index in [1.54, 1.807) is 12.1 Å². The first-order valence-electron chi connectivity index (χ1n) is 5.98. The average molecular weight is 288 g/mol. The Balaban J connectivity index is 2.15. The van der Waals surface area contributed by atoms with Crippen molar-refractivity contribution in [2.24, 2.45) is 0 Å². The third kappa shape index (κ3) is 1.89. The topological polar surface area (TPSA) is 18.5 Å². The molecule has 0 amide bonds. The highest BCUT2D eigenvalue weighted by atomic mass is 32.1. The van der Waals surface area contributed by atoms with Gasteiger partial charge in [-0.3, -0.25) is 0 Å². The molecule has 2 atom stereocenters. The van der Waals surface area contributed by atoms with Crippen LogP contribution in [0.4, 0.5) is 13.2 Å². The molecule has 1 aliphatic heterocycles. The summed E-state index contributed by atoms with van der Waals surface area (Å²) in [4.78, 5) is 0. The van der Waals surface area contributed by atoms with Crippen molar-refractivity contribution in [3.8, 4) is 0 Å². The number of fused-ring (bicyclic) bond motifs is 2. The summed E-state index contributed by atoms with van der Waals surface area (Å²) in [6, 6.07) is 7.03. The van der Waals surface area contributed by atoms with Crippen molar-refractivity contribution in [2.45, 2.75) is 37.1 Å². The molecular formula is C13H11F3O2S. The van der Waals surface area contributed by atoms with Crippen LogP contribution in [0.25, 0.3) is 0 Å². The molecule has 1 aliphatic carbocycles. The maximum atomic E-state index is 13.2. The van der Waals surface area contributed by atoms with E-state index in [-0.39, 0.29) is 6.42 Å². The molecule has 0 aromatic heterocycles. The highest BCUT2D eigenvalue weighted by Gasteiger charge is 2.64. The third-order valence-corrected chi connectivity index (χ3v) is 3.85. The van der Waals surface area contributed by atoms with Crippen LogP contribution in [-0.4, -0.2) is 17.5 Å². The molecule has 102 valence electrons. The van der Waals surface area contributed by atoms with Crippen molar-refractivity contribution in [3.63, 3.8) is 0 Å². The van der Waals surface area contributed by atoms with Gasteiger partial charge in [0, 0.05) is 17.8 Å². The van der Waals surface area contributed by atoms with Crippen molar-refractivity contribution in [2.75, 3.05) is 0 Å². The molecule has 1 saturated heterocycles. The summed E-state index contributed by atoms with van der Waals surface area (Å²) in [5, 5.41) is -0.418.